The quantitative estimate of drug-likeness (QED) is 0.743. The molecule has 25 heavy (non-hydrogen) atoms. The predicted molar refractivity (Wildman–Crippen MR) is 92.6 cm³/mol. The molecule has 1 aliphatic rings. The average molecular weight is 359 g/mol. The first-order valence-electron chi connectivity index (χ1n) is 7.75. The van der Waals surface area contributed by atoms with Gasteiger partial charge >= 0.3 is 5.97 Å². The Morgan fingerprint density at radius 2 is 2.12 bits per heavy atom. The Hall–Kier alpha value is -2.58. The fourth-order valence-corrected chi connectivity index (χ4v) is 3.93. The van der Waals surface area contributed by atoms with Gasteiger partial charge in [0.1, 0.15) is 5.82 Å². The molecule has 2 N–H and O–H groups in total. The van der Waals surface area contributed by atoms with Crippen molar-refractivity contribution in [1.82, 2.24) is 10.2 Å². The molecular weight excluding hydrogens is 345 g/mol. The molecular formula is C17H14FN3O3S. The van der Waals surface area contributed by atoms with Gasteiger partial charge in [-0.1, -0.05) is 12.1 Å². The summed E-state index contributed by atoms with van der Waals surface area (Å²) in [6.07, 6.45) is 0.860. The van der Waals surface area contributed by atoms with Crippen molar-refractivity contribution in [2.45, 2.75) is 12.5 Å². The van der Waals surface area contributed by atoms with Crippen LogP contribution >= 0.6 is 11.3 Å². The Morgan fingerprint density at radius 1 is 1.32 bits per heavy atom. The van der Waals surface area contributed by atoms with Crippen molar-refractivity contribution in [3.8, 4) is 10.4 Å². The number of aromatic nitrogens is 2. The number of hydrogen-bond acceptors (Lipinski definition) is 6. The summed E-state index contributed by atoms with van der Waals surface area (Å²) >= 11 is 1.31. The maximum Gasteiger partial charge on any atom is 0.357 e. The van der Waals surface area contributed by atoms with Crippen molar-refractivity contribution in [1.29, 1.82) is 0 Å². The number of anilines is 1. The number of fused-ring (bicyclic) bond motifs is 1. The van der Waals surface area contributed by atoms with Crippen molar-refractivity contribution < 1.29 is 19.0 Å². The number of benzene rings is 1. The molecule has 1 fully saturated rings. The first-order valence-corrected chi connectivity index (χ1v) is 8.57. The molecule has 6 nitrogen and oxygen atoms in total. The summed E-state index contributed by atoms with van der Waals surface area (Å²) in [6.45, 7) is 1.27. The highest BCUT2D eigenvalue weighted by Crippen LogP contribution is 2.37. The smallest absolute Gasteiger partial charge is 0.357 e. The molecule has 1 saturated heterocycles. The van der Waals surface area contributed by atoms with Crippen LogP contribution in [0.3, 0.4) is 0 Å². The largest absolute Gasteiger partial charge is 0.476 e. The molecule has 3 heterocycles. The van der Waals surface area contributed by atoms with Gasteiger partial charge < -0.3 is 15.2 Å². The van der Waals surface area contributed by atoms with Crippen LogP contribution < -0.4 is 5.32 Å². The zero-order chi connectivity index (χ0) is 17.4. The lowest BCUT2D eigenvalue weighted by Gasteiger charge is -2.11. The predicted octanol–water partition coefficient (Wildman–Crippen LogP) is 3.40. The maximum absolute atomic E-state index is 13.2. The minimum Gasteiger partial charge on any atom is -0.476 e. The molecule has 1 aliphatic heterocycles. The van der Waals surface area contributed by atoms with Crippen molar-refractivity contribution in [3.05, 3.63) is 41.8 Å². The number of nitrogens with zero attached hydrogens (tertiary/aromatic N) is 2. The molecule has 3 aromatic rings. The summed E-state index contributed by atoms with van der Waals surface area (Å²) in [5, 5.41) is 21.3. The Morgan fingerprint density at radius 3 is 2.80 bits per heavy atom. The number of hydrogen-bond donors (Lipinski definition) is 2. The maximum atomic E-state index is 13.2. The second-order valence-corrected chi connectivity index (χ2v) is 6.82. The number of carboxylic acids is 1. The number of carbonyl (C=O) groups is 1. The summed E-state index contributed by atoms with van der Waals surface area (Å²) in [5.41, 5.74) is 0.732. The zero-order valence-corrected chi connectivity index (χ0v) is 13.8. The Balaban J connectivity index is 1.82. The van der Waals surface area contributed by atoms with Crippen LogP contribution in [0.4, 0.5) is 10.2 Å². The highest BCUT2D eigenvalue weighted by molar-refractivity contribution is 7.22. The van der Waals surface area contributed by atoms with E-state index >= 15 is 0 Å². The van der Waals surface area contributed by atoms with E-state index in [0.717, 1.165) is 16.9 Å². The fraction of sp³-hybridized carbons (Fsp3) is 0.235. The SMILES string of the molecule is O=C(O)c1nnc(NC2CCOC2)c2cc(-c3ccc(F)cc3)sc12. The van der Waals surface area contributed by atoms with Crippen LogP contribution in [0.15, 0.2) is 30.3 Å². The van der Waals surface area contributed by atoms with Crippen LogP contribution in [0.1, 0.15) is 16.9 Å². The van der Waals surface area contributed by atoms with Gasteiger partial charge in [-0.3, -0.25) is 0 Å². The van der Waals surface area contributed by atoms with Gasteiger partial charge in [-0.2, -0.15) is 0 Å². The Labute approximate surface area is 146 Å². The van der Waals surface area contributed by atoms with E-state index in [4.69, 9.17) is 4.74 Å². The van der Waals surface area contributed by atoms with Crippen LogP contribution in [-0.4, -0.2) is 40.5 Å². The molecule has 0 amide bonds. The van der Waals surface area contributed by atoms with E-state index in [0.29, 0.717) is 29.1 Å². The lowest BCUT2D eigenvalue weighted by molar-refractivity contribution is 0.0692. The number of carboxylic acid groups (broad SMARTS) is 1. The molecule has 0 radical (unpaired) electrons. The second kappa shape index (κ2) is 6.38. The monoisotopic (exact) mass is 359 g/mol. The molecule has 0 saturated carbocycles. The third-order valence-electron chi connectivity index (χ3n) is 4.05. The fourth-order valence-electron chi connectivity index (χ4n) is 2.79. The van der Waals surface area contributed by atoms with Crippen LogP contribution in [0.5, 0.6) is 0 Å². The molecule has 1 atom stereocenters. The highest BCUT2D eigenvalue weighted by Gasteiger charge is 2.22. The topological polar surface area (TPSA) is 84.3 Å². The van der Waals surface area contributed by atoms with Gasteiger partial charge in [0.15, 0.2) is 11.5 Å². The summed E-state index contributed by atoms with van der Waals surface area (Å²) < 4.78 is 19.0. The molecule has 0 aliphatic carbocycles. The number of ether oxygens (including phenoxy) is 1. The average Bonchev–Trinajstić information content (AvgIpc) is 3.25. The van der Waals surface area contributed by atoms with Crippen LogP contribution in [0, 0.1) is 5.82 Å². The van der Waals surface area contributed by atoms with E-state index in [9.17, 15) is 14.3 Å². The minimum atomic E-state index is -1.12. The van der Waals surface area contributed by atoms with Gasteiger partial charge in [-0.15, -0.1) is 21.5 Å². The molecule has 0 spiro atoms. The van der Waals surface area contributed by atoms with E-state index < -0.39 is 5.97 Å². The lowest BCUT2D eigenvalue weighted by Crippen LogP contribution is -2.20. The van der Waals surface area contributed by atoms with Crippen molar-refractivity contribution in [2.75, 3.05) is 18.5 Å². The number of thiophene rings is 1. The van der Waals surface area contributed by atoms with Gasteiger partial charge in [0.2, 0.25) is 0 Å². The number of rotatable bonds is 4. The highest BCUT2D eigenvalue weighted by atomic mass is 32.1. The normalized spacial score (nSPS) is 17.1. The number of nitrogens with one attached hydrogen (secondary N) is 1. The van der Waals surface area contributed by atoms with Crippen LogP contribution in [0.2, 0.25) is 0 Å². The van der Waals surface area contributed by atoms with Gasteiger partial charge in [-0.05, 0) is 30.2 Å². The first-order chi connectivity index (χ1) is 12.1. The van der Waals surface area contributed by atoms with Gasteiger partial charge in [0.25, 0.3) is 0 Å². The van der Waals surface area contributed by atoms with Gasteiger partial charge in [-0.25, -0.2) is 9.18 Å². The molecule has 1 unspecified atom stereocenters. The molecule has 4 rings (SSSR count). The van der Waals surface area contributed by atoms with Crippen molar-refractivity contribution in [3.63, 3.8) is 0 Å². The van der Waals surface area contributed by atoms with E-state index in [1.165, 1.54) is 23.5 Å². The molecule has 2 aromatic heterocycles. The van der Waals surface area contributed by atoms with E-state index in [-0.39, 0.29) is 17.6 Å². The molecule has 128 valence electrons. The summed E-state index contributed by atoms with van der Waals surface area (Å²) in [7, 11) is 0. The molecule has 8 heteroatoms. The first kappa shape index (κ1) is 15.9. The third kappa shape index (κ3) is 3.06. The Kier molecular flexibility index (Phi) is 4.06. The molecule has 1 aromatic carbocycles. The van der Waals surface area contributed by atoms with Crippen molar-refractivity contribution >= 4 is 33.2 Å². The Bertz CT molecular complexity index is 936. The van der Waals surface area contributed by atoms with Crippen LogP contribution in [0.25, 0.3) is 20.5 Å². The van der Waals surface area contributed by atoms with Gasteiger partial charge in [0.05, 0.1) is 17.3 Å². The van der Waals surface area contributed by atoms with Crippen LogP contribution in [-0.2, 0) is 4.74 Å². The third-order valence-corrected chi connectivity index (χ3v) is 5.24. The van der Waals surface area contributed by atoms with E-state index in [1.807, 2.05) is 6.07 Å². The number of aromatic carboxylic acids is 1. The summed E-state index contributed by atoms with van der Waals surface area (Å²) in [6, 6.07) is 8.08. The minimum absolute atomic E-state index is 0.0819. The van der Waals surface area contributed by atoms with E-state index in [2.05, 4.69) is 15.5 Å². The standard InChI is InChI=1S/C17H14FN3O3S/c18-10-3-1-9(2-4-10)13-7-12-15(25-13)14(17(22)23)20-21-16(12)19-11-5-6-24-8-11/h1-4,7,11H,5-6,8H2,(H,19,21)(H,22,23). The summed E-state index contributed by atoms with van der Waals surface area (Å²) in [4.78, 5) is 12.3. The summed E-state index contributed by atoms with van der Waals surface area (Å²) in [5.74, 6) is -0.899. The van der Waals surface area contributed by atoms with Crippen molar-refractivity contribution in [2.24, 2.45) is 0 Å². The number of halogens is 1. The lowest BCUT2D eigenvalue weighted by atomic mass is 10.1. The van der Waals surface area contributed by atoms with E-state index in [1.54, 1.807) is 12.1 Å². The zero-order valence-electron chi connectivity index (χ0n) is 13.0. The second-order valence-electron chi connectivity index (χ2n) is 5.77. The van der Waals surface area contributed by atoms with Gasteiger partial charge in [0, 0.05) is 16.9 Å². The molecule has 0 bridgehead atoms.